The number of primary sulfonamides is 1. The number of carbonyl (C=O) groups excluding carboxylic acids is 1. The molecule has 3 heterocycles. The second-order valence-electron chi connectivity index (χ2n) is 8.64. The Kier molecular flexibility index (Phi) is 5.11. The lowest BCUT2D eigenvalue weighted by molar-refractivity contribution is 0.129. The summed E-state index contributed by atoms with van der Waals surface area (Å²) in [6.45, 7) is 2.36. The van der Waals surface area contributed by atoms with Crippen LogP contribution in [-0.4, -0.2) is 53.7 Å². The van der Waals surface area contributed by atoms with Crippen LogP contribution in [-0.2, 0) is 19.4 Å². The Bertz CT molecular complexity index is 1140. The number of ether oxygens (including phenoxy) is 1. The highest BCUT2D eigenvalue weighted by molar-refractivity contribution is 8.08. The highest BCUT2D eigenvalue weighted by Crippen LogP contribution is 2.60. The Morgan fingerprint density at radius 2 is 1.97 bits per heavy atom. The van der Waals surface area contributed by atoms with Crippen LogP contribution in [0.2, 0.25) is 6.32 Å². The molecule has 1 saturated carbocycles. The molecule has 3 fully saturated rings. The van der Waals surface area contributed by atoms with Crippen LogP contribution in [0, 0.1) is 0 Å². The molecule has 2 saturated heterocycles. The lowest BCUT2D eigenvalue weighted by Gasteiger charge is -2.12. The second kappa shape index (κ2) is 7.61. The summed E-state index contributed by atoms with van der Waals surface area (Å²) >= 11 is 1.61. The van der Waals surface area contributed by atoms with E-state index in [1.165, 1.54) is 12.1 Å². The van der Waals surface area contributed by atoms with E-state index < -0.39 is 10.0 Å². The van der Waals surface area contributed by atoms with Gasteiger partial charge >= 0.3 is 13.0 Å². The van der Waals surface area contributed by atoms with Gasteiger partial charge in [-0.25, -0.2) is 28.3 Å². The molecule has 4 N–H and O–H groups in total. The van der Waals surface area contributed by atoms with Crippen molar-refractivity contribution in [3.63, 3.8) is 0 Å². The third kappa shape index (κ3) is 4.56. The van der Waals surface area contributed by atoms with Gasteiger partial charge in [0, 0.05) is 30.2 Å². The van der Waals surface area contributed by atoms with E-state index in [1.807, 2.05) is 6.92 Å². The first kappa shape index (κ1) is 21.5. The molecule has 2 aliphatic heterocycles. The van der Waals surface area contributed by atoms with Gasteiger partial charge < -0.3 is 20.0 Å². The molecule has 5 rings (SSSR count). The van der Waals surface area contributed by atoms with E-state index in [0.29, 0.717) is 18.2 Å². The number of rotatable bonds is 6. The van der Waals surface area contributed by atoms with Crippen molar-refractivity contribution in [2.45, 2.75) is 46.7 Å². The van der Waals surface area contributed by atoms with Crippen LogP contribution in [0.1, 0.15) is 19.8 Å². The molecule has 1 aliphatic carbocycles. The van der Waals surface area contributed by atoms with Crippen LogP contribution in [0.3, 0.4) is 0 Å². The summed E-state index contributed by atoms with van der Waals surface area (Å²) < 4.78 is 34.0. The lowest BCUT2D eigenvalue weighted by Crippen LogP contribution is -2.36. The monoisotopic (exact) mass is 475 g/mol. The number of alkyl carbamates (subject to hydrolysis) is 1. The molecular weight excluding hydrogens is 453 g/mol. The maximum absolute atomic E-state index is 12.0. The fraction of sp³-hybridized carbons (Fsp3) is 0.421. The maximum atomic E-state index is 12.0. The largest absolute Gasteiger partial charge is 0.434 e. The summed E-state index contributed by atoms with van der Waals surface area (Å²) in [5.74, 6) is 0.372. The summed E-state index contributed by atoms with van der Waals surface area (Å²) in [4.78, 5) is 20.7. The number of aromatic nitrogens is 2. The van der Waals surface area contributed by atoms with Gasteiger partial charge in [0.1, 0.15) is 0 Å². The zero-order chi connectivity index (χ0) is 22.6. The van der Waals surface area contributed by atoms with Gasteiger partial charge in [-0.3, -0.25) is 0 Å². The number of hydrogen-bond acceptors (Lipinski definition) is 9. The Balaban J connectivity index is 1.15. The SMILES string of the molecule is CC1(NC(=O)OC2SC23COB(c2cnc(Nc4ccc(S(N)(=O)=O)cc4)nc2)C3)CC1. The van der Waals surface area contributed by atoms with Gasteiger partial charge in [-0.1, -0.05) is 0 Å². The summed E-state index contributed by atoms with van der Waals surface area (Å²) in [6, 6.07) is 6.00. The number of hydrogen-bond donors (Lipinski definition) is 3. The predicted octanol–water partition coefficient (Wildman–Crippen LogP) is 1.19. The number of amides is 1. The zero-order valence-corrected chi connectivity index (χ0v) is 18.9. The number of nitrogens with two attached hydrogens (primary N) is 1. The molecule has 0 bridgehead atoms. The number of benzene rings is 1. The first-order chi connectivity index (χ1) is 15.1. The molecule has 1 aromatic carbocycles. The van der Waals surface area contributed by atoms with Crippen molar-refractivity contribution in [2.24, 2.45) is 5.14 Å². The van der Waals surface area contributed by atoms with Crippen molar-refractivity contribution >= 4 is 51.9 Å². The third-order valence-corrected chi connectivity index (χ3v) is 8.28. The minimum Gasteiger partial charge on any atom is -0.434 e. The zero-order valence-electron chi connectivity index (χ0n) is 17.3. The van der Waals surface area contributed by atoms with Crippen molar-refractivity contribution in [3.05, 3.63) is 36.7 Å². The fourth-order valence-corrected chi connectivity index (χ4v) is 5.16. The number of thioether (sulfide) groups is 1. The van der Waals surface area contributed by atoms with Crippen LogP contribution < -0.4 is 21.2 Å². The Hall–Kier alpha value is -2.35. The molecule has 3 aliphatic rings. The van der Waals surface area contributed by atoms with Crippen LogP contribution >= 0.6 is 11.8 Å². The fourth-order valence-electron chi connectivity index (χ4n) is 3.56. The molecule has 1 amide bonds. The number of carbonyl (C=O) groups is 1. The Labute approximate surface area is 190 Å². The number of anilines is 2. The molecule has 1 aromatic heterocycles. The molecule has 1 spiro atoms. The second-order valence-corrected chi connectivity index (χ2v) is 11.7. The van der Waals surface area contributed by atoms with Crippen LogP contribution in [0.5, 0.6) is 0 Å². The molecule has 168 valence electrons. The van der Waals surface area contributed by atoms with Gasteiger partial charge in [0.25, 0.3) is 0 Å². The van der Waals surface area contributed by atoms with Gasteiger partial charge in [-0.2, -0.15) is 0 Å². The van der Waals surface area contributed by atoms with Crippen LogP contribution in [0.15, 0.2) is 41.6 Å². The van der Waals surface area contributed by atoms with E-state index in [9.17, 15) is 13.2 Å². The van der Waals surface area contributed by atoms with Gasteiger partial charge in [-0.15, -0.1) is 11.8 Å². The molecule has 13 heteroatoms. The quantitative estimate of drug-likeness (QED) is 0.414. The van der Waals surface area contributed by atoms with E-state index in [1.54, 1.807) is 36.3 Å². The molecule has 10 nitrogen and oxygen atoms in total. The smallest absolute Gasteiger partial charge is 0.408 e. The number of nitrogens with zero attached hydrogens (tertiary/aromatic N) is 2. The standard InChI is InChI=1S/C19H22BN5O5S2/c1-18(6-7-18)25-17(26)30-15-19(31-15)10-20(29-11-19)12-8-22-16(23-9-12)24-13-2-4-14(5-3-13)32(21,27)28/h2-5,8-9,15H,6-7,10-11H2,1H3,(H,25,26)(H2,21,27,28)(H,22,23,24). The topological polar surface area (TPSA) is 146 Å². The van der Waals surface area contributed by atoms with Crippen molar-refractivity contribution in [3.8, 4) is 0 Å². The van der Waals surface area contributed by atoms with Crippen molar-refractivity contribution in [2.75, 3.05) is 11.9 Å². The van der Waals surface area contributed by atoms with Crippen molar-refractivity contribution in [1.29, 1.82) is 0 Å². The van der Waals surface area contributed by atoms with E-state index in [2.05, 4.69) is 20.6 Å². The minimum absolute atomic E-state index is 0.0334. The number of sulfonamides is 1. The Morgan fingerprint density at radius 3 is 2.59 bits per heavy atom. The average molecular weight is 475 g/mol. The van der Waals surface area contributed by atoms with E-state index in [-0.39, 0.29) is 33.6 Å². The molecule has 0 radical (unpaired) electrons. The highest BCUT2D eigenvalue weighted by atomic mass is 32.2. The number of nitrogens with one attached hydrogen (secondary N) is 2. The van der Waals surface area contributed by atoms with Crippen LogP contribution in [0.4, 0.5) is 16.4 Å². The van der Waals surface area contributed by atoms with E-state index in [0.717, 1.165) is 24.6 Å². The first-order valence-electron chi connectivity index (χ1n) is 10.1. The van der Waals surface area contributed by atoms with Gasteiger partial charge in [0.15, 0.2) is 5.44 Å². The average Bonchev–Trinajstić information content (AvgIpc) is 3.56. The summed E-state index contributed by atoms with van der Waals surface area (Å²) in [5, 5.41) is 11.0. The Morgan fingerprint density at radius 1 is 1.28 bits per heavy atom. The van der Waals surface area contributed by atoms with Gasteiger partial charge in [0.05, 0.1) is 9.64 Å². The minimum atomic E-state index is -3.73. The van der Waals surface area contributed by atoms with Crippen molar-refractivity contribution in [1.82, 2.24) is 15.3 Å². The third-order valence-electron chi connectivity index (χ3n) is 5.87. The summed E-state index contributed by atoms with van der Waals surface area (Å²) in [6.07, 6.45) is 5.73. The molecule has 2 atom stereocenters. The van der Waals surface area contributed by atoms with Crippen LogP contribution in [0.25, 0.3) is 0 Å². The van der Waals surface area contributed by atoms with Gasteiger partial charge in [0.2, 0.25) is 16.0 Å². The molecule has 2 unspecified atom stereocenters. The van der Waals surface area contributed by atoms with Crippen molar-refractivity contribution < 1.29 is 22.6 Å². The summed E-state index contributed by atoms with van der Waals surface area (Å²) in [5.41, 5.74) is 1.18. The lowest BCUT2D eigenvalue weighted by atomic mass is 9.58. The van der Waals surface area contributed by atoms with E-state index >= 15 is 0 Å². The maximum Gasteiger partial charge on any atom is 0.408 e. The first-order valence-corrected chi connectivity index (χ1v) is 12.6. The summed E-state index contributed by atoms with van der Waals surface area (Å²) in [7, 11) is -3.73. The normalized spacial score (nSPS) is 25.4. The molecular formula is C19H22BN5O5S2. The van der Waals surface area contributed by atoms with Gasteiger partial charge in [-0.05, 0) is 55.8 Å². The highest BCUT2D eigenvalue weighted by Gasteiger charge is 2.64. The van der Waals surface area contributed by atoms with E-state index in [4.69, 9.17) is 14.5 Å². The molecule has 32 heavy (non-hydrogen) atoms. The molecule has 2 aromatic rings. The predicted molar refractivity (Wildman–Crippen MR) is 121 cm³/mol.